The summed E-state index contributed by atoms with van der Waals surface area (Å²) < 4.78 is 19.0. The number of rotatable bonds is 12. The minimum absolute atomic E-state index is 0.167. The van der Waals surface area contributed by atoms with Gasteiger partial charge in [-0.25, -0.2) is 9.48 Å². The highest BCUT2D eigenvalue weighted by atomic mass is 35.5. The predicted molar refractivity (Wildman–Crippen MR) is 155 cm³/mol. The molecule has 11 heteroatoms. The number of anilines is 1. The molecule has 8 nitrogen and oxygen atoms in total. The van der Waals surface area contributed by atoms with E-state index < -0.39 is 12.0 Å². The Hall–Kier alpha value is -2.88. The van der Waals surface area contributed by atoms with Crippen LogP contribution >= 0.6 is 35.0 Å². The Balaban J connectivity index is 1.70. The molecule has 0 bridgehead atoms. The maximum atomic E-state index is 13.3. The van der Waals surface area contributed by atoms with E-state index in [0.29, 0.717) is 56.1 Å². The second-order valence-electron chi connectivity index (χ2n) is 8.97. The molecule has 0 spiro atoms. The van der Waals surface area contributed by atoms with E-state index in [-0.39, 0.29) is 6.61 Å². The molecule has 1 N–H and O–H groups in total. The number of aromatic nitrogens is 3. The molecule has 0 aliphatic carbocycles. The van der Waals surface area contributed by atoms with E-state index in [1.54, 1.807) is 47.8 Å². The third-order valence-electron chi connectivity index (χ3n) is 6.16. The van der Waals surface area contributed by atoms with Crippen molar-refractivity contribution in [2.75, 3.05) is 24.8 Å². The van der Waals surface area contributed by atoms with Crippen molar-refractivity contribution in [1.29, 1.82) is 0 Å². The van der Waals surface area contributed by atoms with Crippen molar-refractivity contribution >= 4 is 46.9 Å². The van der Waals surface area contributed by atoms with Crippen LogP contribution in [0, 0.1) is 0 Å². The molecule has 2 heterocycles. The summed E-state index contributed by atoms with van der Waals surface area (Å²) in [6, 6.07) is 10.3. The fourth-order valence-electron chi connectivity index (χ4n) is 4.14. The van der Waals surface area contributed by atoms with Crippen LogP contribution in [0.2, 0.25) is 10.0 Å². The number of ether oxygens (including phenoxy) is 3. The van der Waals surface area contributed by atoms with Gasteiger partial charge in [-0.2, -0.15) is 4.98 Å². The summed E-state index contributed by atoms with van der Waals surface area (Å²) in [6.45, 7) is 6.45. The molecule has 0 saturated heterocycles. The number of hydrogen-bond donors (Lipinski definition) is 1. The van der Waals surface area contributed by atoms with Crippen LogP contribution in [0.1, 0.15) is 57.2 Å². The Morgan fingerprint density at radius 3 is 2.59 bits per heavy atom. The van der Waals surface area contributed by atoms with Gasteiger partial charge in [-0.15, -0.1) is 5.10 Å². The molecular formula is C28H32Cl2N4O4S. The molecule has 1 aliphatic rings. The number of thioether (sulfide) groups is 1. The number of benzene rings is 2. The van der Waals surface area contributed by atoms with Gasteiger partial charge in [-0.05, 0) is 49.6 Å². The van der Waals surface area contributed by atoms with Gasteiger partial charge in [0.2, 0.25) is 11.1 Å². The molecule has 0 saturated carbocycles. The van der Waals surface area contributed by atoms with Crippen molar-refractivity contribution in [2.24, 2.45) is 0 Å². The van der Waals surface area contributed by atoms with E-state index in [1.165, 1.54) is 0 Å². The molecule has 4 rings (SSSR count). The Morgan fingerprint density at radius 2 is 1.90 bits per heavy atom. The zero-order chi connectivity index (χ0) is 27.9. The second kappa shape index (κ2) is 13.5. The number of carbonyl (C=O) groups excluding carboxylic acids is 1. The Labute approximate surface area is 243 Å². The Kier molecular flexibility index (Phi) is 10.0. The number of fused-ring (bicyclic) bond motifs is 1. The van der Waals surface area contributed by atoms with Gasteiger partial charge in [0.15, 0.2) is 11.5 Å². The number of hydrogen-bond acceptors (Lipinski definition) is 8. The minimum atomic E-state index is -0.570. The summed E-state index contributed by atoms with van der Waals surface area (Å²) >= 11 is 14.2. The van der Waals surface area contributed by atoms with Crippen LogP contribution in [0.25, 0.3) is 0 Å². The molecule has 1 atom stereocenters. The van der Waals surface area contributed by atoms with Gasteiger partial charge < -0.3 is 19.5 Å². The normalized spacial score (nSPS) is 14.6. The third kappa shape index (κ3) is 6.65. The molecule has 1 aliphatic heterocycles. The van der Waals surface area contributed by atoms with Gasteiger partial charge >= 0.3 is 5.97 Å². The van der Waals surface area contributed by atoms with Crippen LogP contribution in [0.5, 0.6) is 11.5 Å². The number of nitrogens with zero attached hydrogens (tertiary/aromatic N) is 3. The average molecular weight is 592 g/mol. The monoisotopic (exact) mass is 590 g/mol. The summed E-state index contributed by atoms with van der Waals surface area (Å²) in [6.07, 6.45) is 2.88. The summed E-state index contributed by atoms with van der Waals surface area (Å²) in [4.78, 5) is 17.9. The molecule has 2 aromatic carbocycles. The van der Waals surface area contributed by atoms with Crippen LogP contribution < -0.4 is 14.8 Å². The highest BCUT2D eigenvalue weighted by Gasteiger charge is 2.35. The van der Waals surface area contributed by atoms with Crippen LogP contribution in [0.15, 0.2) is 52.8 Å². The first-order chi connectivity index (χ1) is 18.9. The number of methoxy groups -OCH3 is 1. The predicted octanol–water partition coefficient (Wildman–Crippen LogP) is 7.31. The quantitative estimate of drug-likeness (QED) is 0.133. The second-order valence-corrected chi connectivity index (χ2v) is 10.8. The Bertz CT molecular complexity index is 1340. The van der Waals surface area contributed by atoms with E-state index in [4.69, 9.17) is 42.5 Å². The number of nitrogens with one attached hydrogen (secondary N) is 1. The van der Waals surface area contributed by atoms with Crippen molar-refractivity contribution in [3.8, 4) is 11.5 Å². The van der Waals surface area contributed by atoms with Gasteiger partial charge in [0.1, 0.15) is 12.6 Å². The molecule has 39 heavy (non-hydrogen) atoms. The first kappa shape index (κ1) is 29.1. The first-order valence-corrected chi connectivity index (χ1v) is 14.6. The smallest absolute Gasteiger partial charge is 0.338 e. The van der Waals surface area contributed by atoms with E-state index in [1.807, 2.05) is 26.0 Å². The highest BCUT2D eigenvalue weighted by molar-refractivity contribution is 7.99. The van der Waals surface area contributed by atoms with Gasteiger partial charge in [-0.1, -0.05) is 67.4 Å². The SMILES string of the molecule is CCCCSc1nc2n(n1)C(c1ccc(OCc3c(Cl)cccc3Cl)c(OC)c1)C(C(=O)OCCC)=C(C)N2. The number of unbranched alkanes of at least 4 members (excludes halogenated alkanes) is 1. The summed E-state index contributed by atoms with van der Waals surface area (Å²) in [5, 5.41) is 9.70. The minimum Gasteiger partial charge on any atom is -0.493 e. The maximum absolute atomic E-state index is 13.3. The van der Waals surface area contributed by atoms with Crippen LogP contribution in [0.4, 0.5) is 5.95 Å². The van der Waals surface area contributed by atoms with Crippen LogP contribution in [0.3, 0.4) is 0 Å². The molecule has 1 unspecified atom stereocenters. The summed E-state index contributed by atoms with van der Waals surface area (Å²) in [5.41, 5.74) is 2.59. The van der Waals surface area contributed by atoms with Gasteiger partial charge in [-0.3, -0.25) is 0 Å². The molecule has 0 amide bonds. The lowest BCUT2D eigenvalue weighted by Crippen LogP contribution is -2.29. The molecule has 3 aromatic rings. The zero-order valence-electron chi connectivity index (χ0n) is 22.4. The van der Waals surface area contributed by atoms with Crippen molar-refractivity contribution in [3.05, 3.63) is 68.8 Å². The number of allylic oxidation sites excluding steroid dienone is 1. The third-order valence-corrected chi connectivity index (χ3v) is 7.79. The lowest BCUT2D eigenvalue weighted by atomic mass is 9.95. The number of esters is 1. The van der Waals surface area contributed by atoms with Crippen LogP contribution in [-0.4, -0.2) is 40.2 Å². The van der Waals surface area contributed by atoms with E-state index >= 15 is 0 Å². The van der Waals surface area contributed by atoms with Gasteiger partial charge in [0.05, 0.1) is 19.3 Å². The van der Waals surface area contributed by atoms with Gasteiger partial charge in [0.25, 0.3) is 0 Å². The first-order valence-electron chi connectivity index (χ1n) is 12.9. The molecule has 0 radical (unpaired) electrons. The highest BCUT2D eigenvalue weighted by Crippen LogP contribution is 2.40. The lowest BCUT2D eigenvalue weighted by Gasteiger charge is -2.28. The topological polar surface area (TPSA) is 87.5 Å². The van der Waals surface area contributed by atoms with Crippen molar-refractivity contribution in [2.45, 2.75) is 57.8 Å². The Morgan fingerprint density at radius 1 is 1.13 bits per heavy atom. The fourth-order valence-corrected chi connectivity index (χ4v) is 5.56. The number of halogens is 2. The maximum Gasteiger partial charge on any atom is 0.338 e. The molecule has 0 fully saturated rings. The van der Waals surface area contributed by atoms with E-state index in [9.17, 15) is 4.79 Å². The standard InChI is InChI=1S/C28H32Cl2N4O4S/c1-5-7-14-39-28-32-27-31-17(3)24(26(35)37-13-6-2)25(34(27)33-28)18-11-12-22(23(15-18)36-4)38-16-19-20(29)9-8-10-21(19)30/h8-12,15,25H,5-7,13-14,16H2,1-4H3,(H,31,32,33). The van der Waals surface area contributed by atoms with E-state index in [2.05, 4.69) is 17.2 Å². The van der Waals surface area contributed by atoms with Crippen LogP contribution in [-0.2, 0) is 16.1 Å². The zero-order valence-corrected chi connectivity index (χ0v) is 24.8. The number of carbonyl (C=O) groups is 1. The fraction of sp³-hybridized carbons (Fsp3) is 0.393. The van der Waals surface area contributed by atoms with E-state index in [0.717, 1.165) is 30.6 Å². The molecule has 208 valence electrons. The summed E-state index contributed by atoms with van der Waals surface area (Å²) in [7, 11) is 1.57. The molecule has 1 aromatic heterocycles. The lowest BCUT2D eigenvalue weighted by molar-refractivity contribution is -0.139. The van der Waals surface area contributed by atoms with Crippen molar-refractivity contribution < 1.29 is 19.0 Å². The summed E-state index contributed by atoms with van der Waals surface area (Å²) in [5.74, 6) is 2.08. The van der Waals surface area contributed by atoms with Crippen molar-refractivity contribution in [1.82, 2.24) is 14.8 Å². The van der Waals surface area contributed by atoms with Crippen molar-refractivity contribution in [3.63, 3.8) is 0 Å². The van der Waals surface area contributed by atoms with Gasteiger partial charge in [0, 0.05) is 27.1 Å². The largest absolute Gasteiger partial charge is 0.493 e. The average Bonchev–Trinajstić information content (AvgIpc) is 3.33. The molecular weight excluding hydrogens is 559 g/mol.